The predicted molar refractivity (Wildman–Crippen MR) is 71.3 cm³/mol. The van der Waals surface area contributed by atoms with Crippen LogP contribution < -0.4 is 4.74 Å². The highest BCUT2D eigenvalue weighted by atomic mass is 16.5. The second-order valence-corrected chi connectivity index (χ2v) is 4.81. The number of aromatic nitrogens is 1. The van der Waals surface area contributed by atoms with Crippen LogP contribution in [0.5, 0.6) is 5.88 Å². The number of hydrogen-bond acceptors (Lipinski definition) is 4. The molecule has 1 saturated heterocycles. The maximum Gasteiger partial charge on any atom is 0.309 e. The van der Waals surface area contributed by atoms with Crippen LogP contribution in [-0.2, 0) is 9.59 Å². The molecule has 1 aliphatic rings. The number of likely N-dealkylation sites (tertiary alicyclic amines) is 1. The van der Waals surface area contributed by atoms with Gasteiger partial charge in [0, 0.05) is 25.2 Å². The predicted octanol–water partition coefficient (Wildman–Crippen LogP) is 1.47. The third-order valence-corrected chi connectivity index (χ3v) is 3.52. The van der Waals surface area contributed by atoms with Gasteiger partial charge in [0.25, 0.3) is 0 Å². The molecule has 1 N–H and O–H groups in total. The van der Waals surface area contributed by atoms with E-state index in [1.807, 2.05) is 6.92 Å². The minimum Gasteiger partial charge on any atom is -0.481 e. The van der Waals surface area contributed by atoms with Crippen molar-refractivity contribution in [3.8, 4) is 5.88 Å². The van der Waals surface area contributed by atoms with Gasteiger partial charge in [0.1, 0.15) is 0 Å². The number of rotatable bonds is 5. The van der Waals surface area contributed by atoms with Crippen LogP contribution >= 0.6 is 0 Å². The molecule has 0 aliphatic carbocycles. The lowest BCUT2D eigenvalue weighted by atomic mass is 9.95. The molecular formula is C14H18N2O4. The molecular weight excluding hydrogens is 260 g/mol. The number of carboxylic acids is 1. The summed E-state index contributed by atoms with van der Waals surface area (Å²) in [4.78, 5) is 29.1. The van der Waals surface area contributed by atoms with Gasteiger partial charge in [-0.2, -0.15) is 0 Å². The Hall–Kier alpha value is -2.11. The van der Waals surface area contributed by atoms with Gasteiger partial charge in [0.2, 0.25) is 11.8 Å². The highest BCUT2D eigenvalue weighted by Crippen LogP contribution is 2.38. The van der Waals surface area contributed by atoms with E-state index in [9.17, 15) is 14.7 Å². The summed E-state index contributed by atoms with van der Waals surface area (Å²) in [5.41, 5.74) is 0.734. The maximum absolute atomic E-state index is 12.0. The summed E-state index contributed by atoms with van der Waals surface area (Å²) < 4.78 is 4.99. The van der Waals surface area contributed by atoms with Gasteiger partial charge in [0.05, 0.1) is 19.1 Å². The Morgan fingerprint density at radius 2 is 2.30 bits per heavy atom. The largest absolute Gasteiger partial charge is 0.481 e. The first-order valence-electron chi connectivity index (χ1n) is 6.60. The lowest BCUT2D eigenvalue weighted by molar-refractivity contribution is -0.142. The number of methoxy groups -OCH3 is 1. The smallest absolute Gasteiger partial charge is 0.309 e. The monoisotopic (exact) mass is 278 g/mol. The number of hydrogen-bond donors (Lipinski definition) is 1. The van der Waals surface area contributed by atoms with Crippen molar-refractivity contribution in [2.45, 2.75) is 25.8 Å². The second-order valence-electron chi connectivity index (χ2n) is 4.81. The van der Waals surface area contributed by atoms with Crippen molar-refractivity contribution in [2.24, 2.45) is 5.92 Å². The minimum atomic E-state index is -0.947. The van der Waals surface area contributed by atoms with Gasteiger partial charge in [-0.3, -0.25) is 9.59 Å². The molecule has 0 radical (unpaired) electrons. The first-order valence-corrected chi connectivity index (χ1v) is 6.60. The third kappa shape index (κ3) is 2.59. The van der Waals surface area contributed by atoms with Crippen LogP contribution in [0.4, 0.5) is 0 Å². The van der Waals surface area contributed by atoms with Crippen LogP contribution in [0.1, 0.15) is 31.4 Å². The Morgan fingerprint density at radius 1 is 1.55 bits per heavy atom. The van der Waals surface area contributed by atoms with E-state index < -0.39 is 17.9 Å². The fourth-order valence-electron chi connectivity index (χ4n) is 2.62. The van der Waals surface area contributed by atoms with E-state index in [1.165, 1.54) is 7.11 Å². The number of pyridine rings is 1. The van der Waals surface area contributed by atoms with E-state index >= 15 is 0 Å². The summed E-state index contributed by atoms with van der Waals surface area (Å²) in [7, 11) is 1.52. The molecule has 6 nitrogen and oxygen atoms in total. The van der Waals surface area contributed by atoms with E-state index in [1.54, 1.807) is 23.2 Å². The zero-order valence-electron chi connectivity index (χ0n) is 11.6. The molecule has 2 atom stereocenters. The summed E-state index contributed by atoms with van der Waals surface area (Å²) in [6.07, 6.45) is 2.42. The number of nitrogens with zero attached hydrogens (tertiary/aromatic N) is 2. The fourth-order valence-corrected chi connectivity index (χ4v) is 2.62. The number of carboxylic acid groups (broad SMARTS) is 1. The molecule has 1 amide bonds. The number of aliphatic carboxylic acids is 1. The molecule has 108 valence electrons. The number of carbonyl (C=O) groups excluding carboxylic acids is 1. The van der Waals surface area contributed by atoms with E-state index in [2.05, 4.69) is 4.98 Å². The average molecular weight is 278 g/mol. The maximum atomic E-state index is 12.0. The van der Waals surface area contributed by atoms with Gasteiger partial charge in [-0.05, 0) is 12.0 Å². The van der Waals surface area contributed by atoms with Gasteiger partial charge in [-0.15, -0.1) is 0 Å². The van der Waals surface area contributed by atoms with Gasteiger partial charge in [-0.1, -0.05) is 13.0 Å². The summed E-state index contributed by atoms with van der Waals surface area (Å²) >= 11 is 0. The highest BCUT2D eigenvalue weighted by molar-refractivity contribution is 5.87. The second kappa shape index (κ2) is 5.90. The Kier molecular flexibility index (Phi) is 4.22. The zero-order valence-corrected chi connectivity index (χ0v) is 11.6. The van der Waals surface area contributed by atoms with Crippen molar-refractivity contribution in [1.29, 1.82) is 0 Å². The van der Waals surface area contributed by atoms with Crippen molar-refractivity contribution in [3.63, 3.8) is 0 Å². The van der Waals surface area contributed by atoms with Crippen LogP contribution in [0.25, 0.3) is 0 Å². The van der Waals surface area contributed by atoms with Gasteiger partial charge in [-0.25, -0.2) is 4.98 Å². The van der Waals surface area contributed by atoms with Crippen LogP contribution in [0.2, 0.25) is 0 Å². The molecule has 6 heteroatoms. The van der Waals surface area contributed by atoms with Crippen molar-refractivity contribution >= 4 is 11.9 Å². The molecule has 1 aliphatic heterocycles. The normalized spacial score (nSPS) is 22.1. The Morgan fingerprint density at radius 3 is 2.80 bits per heavy atom. The Labute approximate surface area is 117 Å². The lowest BCUT2D eigenvalue weighted by Gasteiger charge is -2.26. The van der Waals surface area contributed by atoms with Crippen molar-refractivity contribution in [2.75, 3.05) is 13.7 Å². The molecule has 0 saturated carbocycles. The van der Waals surface area contributed by atoms with Crippen LogP contribution in [0, 0.1) is 5.92 Å². The van der Waals surface area contributed by atoms with Crippen LogP contribution in [0.15, 0.2) is 18.3 Å². The highest BCUT2D eigenvalue weighted by Gasteiger charge is 2.44. The standard InChI is InChI=1S/C14H18N2O4/c1-3-6-16-12(17)7-10(14(18)19)13(16)9-4-5-11(20-2)15-8-9/h4-5,8,10,13H,3,6-7H2,1-2H3,(H,18,19). The number of carbonyl (C=O) groups is 2. The molecule has 20 heavy (non-hydrogen) atoms. The molecule has 2 unspecified atom stereocenters. The zero-order chi connectivity index (χ0) is 14.7. The number of amides is 1. The molecule has 2 heterocycles. The van der Waals surface area contributed by atoms with E-state index in [-0.39, 0.29) is 12.3 Å². The topological polar surface area (TPSA) is 79.7 Å². The van der Waals surface area contributed by atoms with E-state index in [0.29, 0.717) is 12.4 Å². The van der Waals surface area contributed by atoms with Crippen molar-refractivity contribution < 1.29 is 19.4 Å². The summed E-state index contributed by atoms with van der Waals surface area (Å²) in [5, 5.41) is 9.33. The molecule has 0 bridgehead atoms. The summed E-state index contributed by atoms with van der Waals surface area (Å²) in [6.45, 7) is 2.52. The van der Waals surface area contributed by atoms with Crippen molar-refractivity contribution in [1.82, 2.24) is 9.88 Å². The van der Waals surface area contributed by atoms with Gasteiger partial charge < -0.3 is 14.7 Å². The van der Waals surface area contributed by atoms with Crippen LogP contribution in [-0.4, -0.2) is 40.5 Å². The van der Waals surface area contributed by atoms with E-state index in [4.69, 9.17) is 4.74 Å². The molecule has 1 aromatic heterocycles. The van der Waals surface area contributed by atoms with Gasteiger partial charge >= 0.3 is 5.97 Å². The summed E-state index contributed by atoms with van der Waals surface area (Å²) in [6, 6.07) is 3.01. The fraction of sp³-hybridized carbons (Fsp3) is 0.500. The lowest BCUT2D eigenvalue weighted by Crippen LogP contribution is -2.31. The minimum absolute atomic E-state index is 0.0476. The average Bonchev–Trinajstić information content (AvgIpc) is 2.77. The molecule has 0 aromatic carbocycles. The SMILES string of the molecule is CCCN1C(=O)CC(C(=O)O)C1c1ccc(OC)nc1. The van der Waals surface area contributed by atoms with Crippen LogP contribution in [0.3, 0.4) is 0 Å². The Bertz CT molecular complexity index is 500. The molecule has 2 rings (SSSR count). The summed E-state index contributed by atoms with van der Waals surface area (Å²) in [5.74, 6) is -1.31. The molecule has 0 spiro atoms. The van der Waals surface area contributed by atoms with Crippen molar-refractivity contribution in [3.05, 3.63) is 23.9 Å². The molecule has 1 aromatic rings. The first kappa shape index (κ1) is 14.3. The van der Waals surface area contributed by atoms with Gasteiger partial charge in [0.15, 0.2) is 0 Å². The number of ether oxygens (including phenoxy) is 1. The third-order valence-electron chi connectivity index (χ3n) is 3.52. The first-order chi connectivity index (χ1) is 9.58. The quantitative estimate of drug-likeness (QED) is 0.882. The molecule has 1 fully saturated rings. The Balaban J connectivity index is 2.35. The van der Waals surface area contributed by atoms with E-state index in [0.717, 1.165) is 12.0 Å².